The summed E-state index contributed by atoms with van der Waals surface area (Å²) >= 11 is 5.74. The van der Waals surface area contributed by atoms with Crippen LogP contribution in [0.5, 0.6) is 0 Å². The third-order valence-electron chi connectivity index (χ3n) is 6.00. The summed E-state index contributed by atoms with van der Waals surface area (Å²) in [6, 6.07) is 32.5. The van der Waals surface area contributed by atoms with E-state index in [1.165, 1.54) is 32.5 Å². The molecule has 3 heterocycles. The van der Waals surface area contributed by atoms with E-state index in [-0.39, 0.29) is 0 Å². The van der Waals surface area contributed by atoms with Crippen molar-refractivity contribution in [3.8, 4) is 0 Å². The molecule has 0 amide bonds. The number of thiophene rings is 1. The Morgan fingerprint density at radius 2 is 1.45 bits per heavy atom. The SMILES string of the molecule is c1ccc(CSc2ncnc3sc4c(c23)C[C@@H](c2ccccc2)S[C@H]4c2ccccc2)cc1. The fourth-order valence-corrected chi connectivity index (χ4v) is 8.44. The van der Waals surface area contributed by atoms with Crippen molar-refractivity contribution in [2.75, 3.05) is 0 Å². The molecule has 1 aliphatic heterocycles. The van der Waals surface area contributed by atoms with Gasteiger partial charge in [0, 0.05) is 21.3 Å². The minimum absolute atomic E-state index is 0.311. The molecule has 0 N–H and O–H groups in total. The van der Waals surface area contributed by atoms with Crippen LogP contribution in [-0.2, 0) is 12.2 Å². The lowest BCUT2D eigenvalue weighted by Crippen LogP contribution is -2.11. The van der Waals surface area contributed by atoms with E-state index in [9.17, 15) is 0 Å². The molecule has 0 saturated heterocycles. The Kier molecular flexibility index (Phi) is 5.93. The van der Waals surface area contributed by atoms with E-state index >= 15 is 0 Å². The van der Waals surface area contributed by atoms with Gasteiger partial charge in [-0.2, -0.15) is 0 Å². The van der Waals surface area contributed by atoms with Gasteiger partial charge in [-0.15, -0.1) is 34.9 Å². The Morgan fingerprint density at radius 3 is 2.18 bits per heavy atom. The molecule has 33 heavy (non-hydrogen) atoms. The zero-order valence-electron chi connectivity index (χ0n) is 17.9. The second-order valence-electron chi connectivity index (χ2n) is 8.11. The lowest BCUT2D eigenvalue weighted by Gasteiger charge is -2.30. The summed E-state index contributed by atoms with van der Waals surface area (Å²) in [6.45, 7) is 0. The van der Waals surface area contributed by atoms with Gasteiger partial charge in [-0.1, -0.05) is 91.0 Å². The summed E-state index contributed by atoms with van der Waals surface area (Å²) in [7, 11) is 0. The number of hydrogen-bond donors (Lipinski definition) is 0. The Bertz CT molecular complexity index is 1370. The fourth-order valence-electron chi connectivity index (χ4n) is 4.41. The van der Waals surface area contributed by atoms with Crippen molar-refractivity contribution in [1.29, 1.82) is 0 Å². The molecule has 1 aliphatic rings. The van der Waals surface area contributed by atoms with Crippen molar-refractivity contribution in [3.63, 3.8) is 0 Å². The highest BCUT2D eigenvalue weighted by Gasteiger charge is 2.34. The zero-order chi connectivity index (χ0) is 22.0. The van der Waals surface area contributed by atoms with Crippen LogP contribution in [0.15, 0.2) is 102 Å². The molecule has 0 bridgehead atoms. The van der Waals surface area contributed by atoms with E-state index in [0.717, 1.165) is 22.0 Å². The van der Waals surface area contributed by atoms with E-state index < -0.39 is 0 Å². The number of aromatic nitrogens is 2. The van der Waals surface area contributed by atoms with Gasteiger partial charge in [-0.3, -0.25) is 0 Å². The van der Waals surface area contributed by atoms with Crippen LogP contribution in [0, 0.1) is 0 Å². The van der Waals surface area contributed by atoms with E-state index in [0.29, 0.717) is 10.5 Å². The minimum atomic E-state index is 0.311. The van der Waals surface area contributed by atoms with Crippen molar-refractivity contribution in [2.24, 2.45) is 0 Å². The predicted molar refractivity (Wildman–Crippen MR) is 142 cm³/mol. The standard InChI is InChI=1S/C28H22N2S3/c1-4-10-19(11-5-1)17-31-27-24-22-16-23(20-12-6-2-7-13-20)32-25(21-14-8-3-9-15-21)26(22)33-28(24)30-18-29-27/h1-15,18,23,25H,16-17H2/t23-,25-/m0/s1. The van der Waals surface area contributed by atoms with Crippen LogP contribution >= 0.6 is 34.9 Å². The highest BCUT2D eigenvalue weighted by Crippen LogP contribution is 2.56. The van der Waals surface area contributed by atoms with Crippen LogP contribution in [0.25, 0.3) is 10.2 Å². The highest BCUT2D eigenvalue weighted by molar-refractivity contribution is 8.00. The van der Waals surface area contributed by atoms with E-state index in [1.807, 2.05) is 23.1 Å². The van der Waals surface area contributed by atoms with Crippen LogP contribution < -0.4 is 0 Å². The molecular weight excluding hydrogens is 461 g/mol. The van der Waals surface area contributed by atoms with Gasteiger partial charge in [0.25, 0.3) is 0 Å². The molecule has 0 saturated carbocycles. The molecule has 162 valence electrons. The predicted octanol–water partition coefficient (Wildman–Crippen LogP) is 8.10. The Balaban J connectivity index is 1.45. The third kappa shape index (κ3) is 4.21. The van der Waals surface area contributed by atoms with Gasteiger partial charge in [-0.05, 0) is 28.7 Å². The Hall–Kier alpha value is -2.60. The number of benzene rings is 3. The monoisotopic (exact) mass is 482 g/mol. The molecular formula is C28H22N2S3. The maximum Gasteiger partial charge on any atom is 0.128 e. The number of rotatable bonds is 5. The molecule has 3 aromatic carbocycles. The second-order valence-corrected chi connectivity index (χ2v) is 11.4. The second kappa shape index (κ2) is 9.34. The Labute approximate surface area is 206 Å². The first-order valence-electron chi connectivity index (χ1n) is 11.0. The van der Waals surface area contributed by atoms with Crippen LogP contribution in [0.2, 0.25) is 0 Å². The average Bonchev–Trinajstić information content (AvgIpc) is 3.28. The first-order valence-corrected chi connectivity index (χ1v) is 13.8. The van der Waals surface area contributed by atoms with Gasteiger partial charge in [0.2, 0.25) is 0 Å². The summed E-state index contributed by atoms with van der Waals surface area (Å²) in [4.78, 5) is 12.0. The Morgan fingerprint density at radius 1 is 0.788 bits per heavy atom. The van der Waals surface area contributed by atoms with Crippen molar-refractivity contribution in [2.45, 2.75) is 27.7 Å². The third-order valence-corrected chi connectivity index (χ3v) is 9.97. The summed E-state index contributed by atoms with van der Waals surface area (Å²) < 4.78 is 0. The van der Waals surface area contributed by atoms with Crippen molar-refractivity contribution >= 4 is 45.1 Å². The normalized spacial score (nSPS) is 17.7. The zero-order valence-corrected chi connectivity index (χ0v) is 20.4. The van der Waals surface area contributed by atoms with E-state index in [1.54, 1.807) is 6.33 Å². The van der Waals surface area contributed by atoms with Gasteiger partial charge in [0.15, 0.2) is 0 Å². The van der Waals surface area contributed by atoms with Crippen molar-refractivity contribution < 1.29 is 0 Å². The number of hydrogen-bond acceptors (Lipinski definition) is 5. The first kappa shape index (κ1) is 21.0. The number of thioether (sulfide) groups is 2. The molecule has 0 aliphatic carbocycles. The van der Waals surface area contributed by atoms with E-state index in [4.69, 9.17) is 9.97 Å². The molecule has 0 spiro atoms. The van der Waals surface area contributed by atoms with Gasteiger partial charge < -0.3 is 0 Å². The highest BCUT2D eigenvalue weighted by atomic mass is 32.2. The van der Waals surface area contributed by atoms with Crippen LogP contribution in [0.1, 0.15) is 37.6 Å². The van der Waals surface area contributed by atoms with Gasteiger partial charge in [-0.25, -0.2) is 9.97 Å². The van der Waals surface area contributed by atoms with Gasteiger partial charge in [0.05, 0.1) is 5.25 Å². The summed E-state index contributed by atoms with van der Waals surface area (Å²) in [6.07, 6.45) is 2.75. The molecule has 2 nitrogen and oxygen atoms in total. The molecule has 2 atom stereocenters. The minimum Gasteiger partial charge on any atom is -0.229 e. The summed E-state index contributed by atoms with van der Waals surface area (Å²) in [5, 5.41) is 3.09. The number of fused-ring (bicyclic) bond motifs is 3. The molecule has 5 heteroatoms. The van der Waals surface area contributed by atoms with Crippen LogP contribution in [0.3, 0.4) is 0 Å². The van der Waals surface area contributed by atoms with E-state index in [2.05, 4.69) is 103 Å². The smallest absolute Gasteiger partial charge is 0.128 e. The largest absolute Gasteiger partial charge is 0.229 e. The molecule has 6 rings (SSSR count). The number of nitrogens with zero attached hydrogens (tertiary/aromatic N) is 2. The van der Waals surface area contributed by atoms with Crippen LogP contribution in [-0.4, -0.2) is 9.97 Å². The fraction of sp³-hybridized carbons (Fsp3) is 0.143. The lowest BCUT2D eigenvalue weighted by molar-refractivity contribution is 0.891. The topological polar surface area (TPSA) is 25.8 Å². The van der Waals surface area contributed by atoms with Gasteiger partial charge >= 0.3 is 0 Å². The molecule has 2 aromatic heterocycles. The van der Waals surface area contributed by atoms with Crippen molar-refractivity contribution in [1.82, 2.24) is 9.97 Å². The molecule has 0 unspecified atom stereocenters. The van der Waals surface area contributed by atoms with Gasteiger partial charge in [0.1, 0.15) is 16.2 Å². The maximum atomic E-state index is 4.75. The lowest BCUT2D eigenvalue weighted by atomic mass is 9.98. The van der Waals surface area contributed by atoms with Crippen LogP contribution in [0.4, 0.5) is 0 Å². The maximum absolute atomic E-state index is 4.75. The quantitative estimate of drug-likeness (QED) is 0.187. The van der Waals surface area contributed by atoms with Crippen molar-refractivity contribution in [3.05, 3.63) is 124 Å². The summed E-state index contributed by atoms with van der Waals surface area (Å²) in [5.74, 6) is 0.913. The molecule has 0 radical (unpaired) electrons. The molecule has 0 fully saturated rings. The first-order chi connectivity index (χ1) is 16.4. The summed E-state index contributed by atoms with van der Waals surface area (Å²) in [5.41, 5.74) is 5.51. The average molecular weight is 483 g/mol. The molecule has 5 aromatic rings.